The number of rotatable bonds is 8. The molecule has 0 heterocycles. The Labute approximate surface area is 109 Å². The van der Waals surface area contributed by atoms with E-state index in [0.717, 1.165) is 0 Å². The van der Waals surface area contributed by atoms with E-state index in [-0.39, 0.29) is 43.5 Å². The lowest BCUT2D eigenvalue weighted by molar-refractivity contribution is -0.142. The highest BCUT2D eigenvalue weighted by atomic mass is 16.5. The molecular formula is C12H15NO6. The molecule has 0 atom stereocenters. The molecule has 1 amide bonds. The van der Waals surface area contributed by atoms with Gasteiger partial charge in [-0.05, 0) is 18.6 Å². The topological polar surface area (TPSA) is 110 Å². The van der Waals surface area contributed by atoms with Crippen LogP contribution in [-0.4, -0.2) is 48.3 Å². The summed E-state index contributed by atoms with van der Waals surface area (Å²) in [5.41, 5.74) is 0. The van der Waals surface area contributed by atoms with Crippen LogP contribution in [0.1, 0.15) is 12.8 Å². The Morgan fingerprint density at radius 2 is 1.89 bits per heavy atom. The Bertz CT molecular complexity index is 396. The van der Waals surface area contributed by atoms with E-state index in [0.29, 0.717) is 0 Å². The van der Waals surface area contributed by atoms with Crippen LogP contribution < -0.4 is 5.32 Å². The fourth-order valence-corrected chi connectivity index (χ4v) is 1.61. The van der Waals surface area contributed by atoms with Gasteiger partial charge in [0.15, 0.2) is 11.6 Å². The molecule has 0 aliphatic heterocycles. The van der Waals surface area contributed by atoms with Crippen molar-refractivity contribution in [1.29, 1.82) is 0 Å². The van der Waals surface area contributed by atoms with E-state index in [9.17, 15) is 19.2 Å². The average Bonchev–Trinajstić information content (AvgIpc) is 2.66. The van der Waals surface area contributed by atoms with Crippen molar-refractivity contribution in [3.63, 3.8) is 0 Å². The van der Waals surface area contributed by atoms with Crippen LogP contribution >= 0.6 is 0 Å². The standard InChI is InChI=1S/C12H15NO6/c14-9-2-3-10(15)8(9)1-4-11(16)13-5-6-19-7-12(17)18/h2-3,8H,1,4-7H2,(H,13,16)(H,17,18). The normalized spacial score (nSPS) is 14.9. The molecule has 0 saturated carbocycles. The molecule has 19 heavy (non-hydrogen) atoms. The van der Waals surface area contributed by atoms with Gasteiger partial charge in [-0.2, -0.15) is 0 Å². The molecule has 7 heteroatoms. The van der Waals surface area contributed by atoms with Gasteiger partial charge in [0.05, 0.1) is 12.5 Å². The fraction of sp³-hybridized carbons (Fsp3) is 0.500. The van der Waals surface area contributed by atoms with Gasteiger partial charge in [0.2, 0.25) is 5.91 Å². The Balaban J connectivity index is 2.10. The number of allylic oxidation sites excluding steroid dienone is 2. The van der Waals surface area contributed by atoms with Crippen molar-refractivity contribution in [1.82, 2.24) is 5.32 Å². The molecule has 0 aromatic carbocycles. The summed E-state index contributed by atoms with van der Waals surface area (Å²) >= 11 is 0. The summed E-state index contributed by atoms with van der Waals surface area (Å²) in [6, 6.07) is 0. The van der Waals surface area contributed by atoms with Gasteiger partial charge in [0.25, 0.3) is 0 Å². The van der Waals surface area contributed by atoms with E-state index in [2.05, 4.69) is 5.32 Å². The lowest BCUT2D eigenvalue weighted by atomic mass is 9.99. The third kappa shape index (κ3) is 5.43. The zero-order valence-corrected chi connectivity index (χ0v) is 10.3. The third-order valence-electron chi connectivity index (χ3n) is 2.55. The summed E-state index contributed by atoms with van der Waals surface area (Å²) in [5, 5.41) is 10.8. The van der Waals surface area contributed by atoms with E-state index in [1.165, 1.54) is 12.2 Å². The number of ketones is 2. The summed E-state index contributed by atoms with van der Waals surface area (Å²) in [6.07, 6.45) is 2.71. The molecule has 0 bridgehead atoms. The first-order chi connectivity index (χ1) is 9.00. The molecule has 2 N–H and O–H groups in total. The molecule has 0 spiro atoms. The van der Waals surface area contributed by atoms with Gasteiger partial charge in [0.1, 0.15) is 6.61 Å². The van der Waals surface area contributed by atoms with E-state index in [1.54, 1.807) is 0 Å². The van der Waals surface area contributed by atoms with E-state index in [1.807, 2.05) is 0 Å². The first-order valence-corrected chi connectivity index (χ1v) is 5.82. The Morgan fingerprint density at radius 1 is 1.26 bits per heavy atom. The molecule has 1 aliphatic rings. The maximum absolute atomic E-state index is 11.4. The van der Waals surface area contributed by atoms with Crippen LogP contribution in [0.2, 0.25) is 0 Å². The van der Waals surface area contributed by atoms with E-state index >= 15 is 0 Å². The van der Waals surface area contributed by atoms with Crippen LogP contribution in [0.5, 0.6) is 0 Å². The molecule has 0 aromatic rings. The molecule has 0 fully saturated rings. The summed E-state index contributed by atoms with van der Waals surface area (Å²) in [4.78, 5) is 44.0. The quantitative estimate of drug-likeness (QED) is 0.446. The van der Waals surface area contributed by atoms with Crippen LogP contribution in [0.4, 0.5) is 0 Å². The smallest absolute Gasteiger partial charge is 0.329 e. The number of ether oxygens (including phenoxy) is 1. The Hall–Kier alpha value is -2.02. The Kier molecular flexibility index (Phi) is 5.87. The summed E-state index contributed by atoms with van der Waals surface area (Å²) in [5.74, 6) is -2.62. The summed E-state index contributed by atoms with van der Waals surface area (Å²) in [6.45, 7) is -0.121. The molecule has 0 unspecified atom stereocenters. The molecule has 1 aliphatic carbocycles. The minimum atomic E-state index is -1.07. The minimum absolute atomic E-state index is 0.0722. The highest BCUT2D eigenvalue weighted by Crippen LogP contribution is 2.16. The second kappa shape index (κ2) is 7.42. The van der Waals surface area contributed by atoms with Crippen LogP contribution in [0.25, 0.3) is 0 Å². The minimum Gasteiger partial charge on any atom is -0.480 e. The van der Waals surface area contributed by atoms with Gasteiger partial charge in [-0.15, -0.1) is 0 Å². The number of hydrogen-bond donors (Lipinski definition) is 2. The number of carboxylic acid groups (broad SMARTS) is 1. The highest BCUT2D eigenvalue weighted by molar-refractivity contribution is 6.18. The molecule has 104 valence electrons. The predicted octanol–water partition coefficient (Wildman–Crippen LogP) is -0.692. The number of aliphatic carboxylic acids is 1. The summed E-state index contributed by atoms with van der Waals surface area (Å²) < 4.78 is 4.73. The number of nitrogens with one attached hydrogen (secondary N) is 1. The van der Waals surface area contributed by atoms with E-state index < -0.39 is 18.5 Å². The number of carbonyl (C=O) groups excluding carboxylic acids is 3. The second-order valence-corrected chi connectivity index (χ2v) is 4.03. The van der Waals surface area contributed by atoms with Gasteiger partial charge in [-0.1, -0.05) is 0 Å². The molecule has 0 radical (unpaired) electrons. The van der Waals surface area contributed by atoms with Crippen LogP contribution in [0, 0.1) is 5.92 Å². The zero-order valence-electron chi connectivity index (χ0n) is 10.3. The molecule has 7 nitrogen and oxygen atoms in total. The SMILES string of the molecule is O=C(O)COCCNC(=O)CCC1C(=O)C=CC1=O. The zero-order chi connectivity index (χ0) is 14.3. The van der Waals surface area contributed by atoms with Crippen molar-refractivity contribution in [2.45, 2.75) is 12.8 Å². The van der Waals surface area contributed by atoms with Crippen molar-refractivity contribution in [2.24, 2.45) is 5.92 Å². The van der Waals surface area contributed by atoms with Gasteiger partial charge in [-0.25, -0.2) is 4.79 Å². The van der Waals surface area contributed by atoms with Crippen LogP contribution in [0.3, 0.4) is 0 Å². The van der Waals surface area contributed by atoms with Crippen LogP contribution in [0.15, 0.2) is 12.2 Å². The number of carboxylic acids is 1. The number of carbonyl (C=O) groups is 4. The highest BCUT2D eigenvalue weighted by Gasteiger charge is 2.28. The second-order valence-electron chi connectivity index (χ2n) is 4.03. The van der Waals surface area contributed by atoms with Gasteiger partial charge in [0, 0.05) is 13.0 Å². The first-order valence-electron chi connectivity index (χ1n) is 5.82. The average molecular weight is 269 g/mol. The Morgan fingerprint density at radius 3 is 2.47 bits per heavy atom. The third-order valence-corrected chi connectivity index (χ3v) is 2.55. The monoisotopic (exact) mass is 269 g/mol. The van der Waals surface area contributed by atoms with Crippen molar-refractivity contribution < 1.29 is 29.0 Å². The van der Waals surface area contributed by atoms with Gasteiger partial charge < -0.3 is 15.2 Å². The van der Waals surface area contributed by atoms with Crippen molar-refractivity contribution >= 4 is 23.4 Å². The fourth-order valence-electron chi connectivity index (χ4n) is 1.61. The maximum atomic E-state index is 11.4. The predicted molar refractivity (Wildman–Crippen MR) is 63.3 cm³/mol. The van der Waals surface area contributed by atoms with Gasteiger partial charge >= 0.3 is 5.97 Å². The first kappa shape index (κ1) is 15.0. The van der Waals surface area contributed by atoms with Crippen molar-refractivity contribution in [3.05, 3.63) is 12.2 Å². The maximum Gasteiger partial charge on any atom is 0.329 e. The number of hydrogen-bond acceptors (Lipinski definition) is 5. The van der Waals surface area contributed by atoms with Crippen LogP contribution in [-0.2, 0) is 23.9 Å². The lowest BCUT2D eigenvalue weighted by Crippen LogP contribution is -2.29. The van der Waals surface area contributed by atoms with E-state index in [4.69, 9.17) is 9.84 Å². The molecule has 1 rings (SSSR count). The summed E-state index contributed by atoms with van der Waals surface area (Å²) in [7, 11) is 0. The molecule has 0 aromatic heterocycles. The van der Waals surface area contributed by atoms with Gasteiger partial charge in [-0.3, -0.25) is 14.4 Å². The molecular weight excluding hydrogens is 254 g/mol. The van der Waals surface area contributed by atoms with Crippen molar-refractivity contribution in [3.8, 4) is 0 Å². The van der Waals surface area contributed by atoms with Crippen molar-refractivity contribution in [2.75, 3.05) is 19.8 Å². The molecule has 0 saturated heterocycles. The number of amides is 1. The largest absolute Gasteiger partial charge is 0.480 e. The lowest BCUT2D eigenvalue weighted by Gasteiger charge is -2.07.